The summed E-state index contributed by atoms with van der Waals surface area (Å²) in [5.41, 5.74) is 6.98. The van der Waals surface area contributed by atoms with Crippen LogP contribution >= 0.6 is 7.82 Å². The highest BCUT2D eigenvalue weighted by atomic mass is 31.2. The summed E-state index contributed by atoms with van der Waals surface area (Å²) in [5, 5.41) is 2.55. The van der Waals surface area contributed by atoms with Crippen LogP contribution < -0.4 is 15.6 Å². The maximum absolute atomic E-state index is 11.6. The number of aryl methyl sites for hydroxylation is 1. The van der Waals surface area contributed by atoms with Gasteiger partial charge in [-0.15, -0.1) is 0 Å². The molecule has 0 heterocycles. The zero-order chi connectivity index (χ0) is 16.5. The molecule has 0 aromatic heterocycles. The Labute approximate surface area is 126 Å². The lowest BCUT2D eigenvalue weighted by molar-refractivity contribution is -0.126. The average Bonchev–Trinajstić information content (AvgIpc) is 2.76. The normalized spacial score (nSPS) is 18.4. The van der Waals surface area contributed by atoms with Gasteiger partial charge < -0.3 is 15.6 Å². The predicted octanol–water partition coefficient (Wildman–Crippen LogP) is 0.178. The van der Waals surface area contributed by atoms with Gasteiger partial charge in [-0.05, 0) is 36.1 Å². The summed E-state index contributed by atoms with van der Waals surface area (Å²) in [4.78, 5) is 40.4. The van der Waals surface area contributed by atoms with Crippen molar-refractivity contribution in [3.05, 3.63) is 29.3 Å². The third-order valence-electron chi connectivity index (χ3n) is 3.53. The molecule has 2 rings (SSSR count). The van der Waals surface area contributed by atoms with Gasteiger partial charge in [0.1, 0.15) is 11.8 Å². The van der Waals surface area contributed by atoms with Crippen molar-refractivity contribution in [1.82, 2.24) is 5.32 Å². The summed E-state index contributed by atoms with van der Waals surface area (Å²) in [7, 11) is -4.61. The van der Waals surface area contributed by atoms with Gasteiger partial charge in [-0.25, -0.2) is 4.57 Å². The number of benzene rings is 1. The van der Waals surface area contributed by atoms with Gasteiger partial charge in [0.25, 0.3) is 0 Å². The molecule has 0 fully saturated rings. The van der Waals surface area contributed by atoms with Gasteiger partial charge >= 0.3 is 7.82 Å². The zero-order valence-corrected chi connectivity index (χ0v) is 12.7. The van der Waals surface area contributed by atoms with Crippen LogP contribution in [0.2, 0.25) is 0 Å². The fraction of sp³-hybridized carbons (Fsp3) is 0.385. The molecule has 1 aliphatic rings. The fourth-order valence-electron chi connectivity index (χ4n) is 2.76. The molecule has 0 radical (unpaired) electrons. The summed E-state index contributed by atoms with van der Waals surface area (Å²) in [6, 6.07) is 3.77. The van der Waals surface area contributed by atoms with E-state index >= 15 is 0 Å². The van der Waals surface area contributed by atoms with Crippen molar-refractivity contribution in [3.63, 3.8) is 0 Å². The SMILES string of the molecule is CC(=O)N[C@H](C(N)=O)[C@H]1CCc2cc(OP(=O)(O)O)ccc21. The zero-order valence-electron chi connectivity index (χ0n) is 11.9. The smallest absolute Gasteiger partial charge is 0.404 e. The van der Waals surface area contributed by atoms with Crippen molar-refractivity contribution >= 4 is 19.6 Å². The molecular formula is C13H17N2O6P. The maximum atomic E-state index is 11.6. The van der Waals surface area contributed by atoms with Gasteiger partial charge in [-0.2, -0.15) is 0 Å². The number of rotatable bonds is 5. The van der Waals surface area contributed by atoms with E-state index in [-0.39, 0.29) is 17.6 Å². The predicted molar refractivity (Wildman–Crippen MR) is 77.0 cm³/mol. The molecule has 0 aliphatic heterocycles. The Morgan fingerprint density at radius 1 is 1.45 bits per heavy atom. The highest BCUT2D eigenvalue weighted by molar-refractivity contribution is 7.46. The van der Waals surface area contributed by atoms with E-state index in [1.807, 2.05) is 0 Å². The molecule has 0 bridgehead atoms. The molecule has 2 atom stereocenters. The minimum Gasteiger partial charge on any atom is -0.404 e. The lowest BCUT2D eigenvalue weighted by atomic mass is 9.92. The topological polar surface area (TPSA) is 139 Å². The van der Waals surface area contributed by atoms with Crippen LogP contribution in [0, 0.1) is 0 Å². The third-order valence-corrected chi connectivity index (χ3v) is 3.98. The molecule has 0 unspecified atom stereocenters. The summed E-state index contributed by atoms with van der Waals surface area (Å²) in [5.74, 6) is -1.18. The first-order valence-electron chi connectivity index (χ1n) is 6.62. The van der Waals surface area contributed by atoms with Crippen molar-refractivity contribution < 1.29 is 28.5 Å². The first-order chi connectivity index (χ1) is 10.2. The number of carbonyl (C=O) groups excluding carboxylic acids is 2. The molecule has 0 saturated carbocycles. The van der Waals surface area contributed by atoms with Crippen LogP contribution in [0.15, 0.2) is 18.2 Å². The van der Waals surface area contributed by atoms with Crippen molar-refractivity contribution in [1.29, 1.82) is 0 Å². The van der Waals surface area contributed by atoms with Crippen LogP contribution in [0.25, 0.3) is 0 Å². The molecule has 0 saturated heterocycles. The molecular weight excluding hydrogens is 311 g/mol. The second-order valence-corrected chi connectivity index (χ2v) is 6.33. The third kappa shape index (κ3) is 3.85. The Morgan fingerprint density at radius 3 is 2.68 bits per heavy atom. The number of phosphoric ester groups is 1. The molecule has 1 aliphatic carbocycles. The number of amides is 2. The van der Waals surface area contributed by atoms with E-state index in [0.29, 0.717) is 12.8 Å². The highest BCUT2D eigenvalue weighted by Crippen LogP contribution is 2.41. The van der Waals surface area contributed by atoms with E-state index in [1.165, 1.54) is 19.1 Å². The molecule has 0 spiro atoms. The minimum atomic E-state index is -4.61. The second-order valence-electron chi connectivity index (χ2n) is 5.17. The van der Waals surface area contributed by atoms with Crippen LogP contribution in [0.3, 0.4) is 0 Å². The van der Waals surface area contributed by atoms with Crippen molar-refractivity contribution in [2.75, 3.05) is 0 Å². The monoisotopic (exact) mass is 328 g/mol. The fourth-order valence-corrected chi connectivity index (χ4v) is 3.14. The van der Waals surface area contributed by atoms with Crippen LogP contribution in [-0.4, -0.2) is 27.6 Å². The molecule has 2 amide bonds. The Hall–Kier alpha value is -1.89. The minimum absolute atomic E-state index is 0.0582. The van der Waals surface area contributed by atoms with E-state index in [0.717, 1.165) is 11.1 Å². The molecule has 22 heavy (non-hydrogen) atoms. The number of nitrogens with two attached hydrogens (primary N) is 1. The summed E-state index contributed by atoms with van der Waals surface area (Å²) < 4.78 is 15.4. The van der Waals surface area contributed by atoms with Crippen LogP contribution in [-0.2, 0) is 20.6 Å². The van der Waals surface area contributed by atoms with Gasteiger partial charge in [-0.3, -0.25) is 19.4 Å². The Kier molecular flexibility index (Phi) is 4.55. The molecule has 120 valence electrons. The van der Waals surface area contributed by atoms with E-state index < -0.39 is 19.8 Å². The second kappa shape index (κ2) is 6.08. The Bertz CT molecular complexity index is 656. The molecule has 1 aromatic carbocycles. The van der Waals surface area contributed by atoms with Gasteiger partial charge in [0.2, 0.25) is 11.8 Å². The molecule has 9 heteroatoms. The van der Waals surface area contributed by atoms with E-state index in [1.54, 1.807) is 6.07 Å². The van der Waals surface area contributed by atoms with Crippen LogP contribution in [0.4, 0.5) is 0 Å². The van der Waals surface area contributed by atoms with Gasteiger partial charge in [0.05, 0.1) is 0 Å². The number of hydrogen-bond acceptors (Lipinski definition) is 4. The van der Waals surface area contributed by atoms with Crippen molar-refractivity contribution in [2.24, 2.45) is 5.73 Å². The van der Waals surface area contributed by atoms with Crippen LogP contribution in [0.1, 0.15) is 30.4 Å². The lowest BCUT2D eigenvalue weighted by Crippen LogP contribution is -2.47. The molecule has 5 N–H and O–H groups in total. The lowest BCUT2D eigenvalue weighted by Gasteiger charge is -2.22. The van der Waals surface area contributed by atoms with Crippen molar-refractivity contribution in [2.45, 2.75) is 31.7 Å². The number of phosphoric acid groups is 1. The highest BCUT2D eigenvalue weighted by Gasteiger charge is 2.34. The number of fused-ring (bicyclic) bond motifs is 1. The average molecular weight is 328 g/mol. The summed E-state index contributed by atoms with van der Waals surface area (Å²) in [6.07, 6.45) is 1.20. The Balaban J connectivity index is 2.27. The number of hydrogen-bond donors (Lipinski definition) is 4. The van der Waals surface area contributed by atoms with E-state index in [9.17, 15) is 14.2 Å². The number of carbonyl (C=O) groups is 2. The summed E-state index contributed by atoms with van der Waals surface area (Å²) >= 11 is 0. The Morgan fingerprint density at radius 2 is 2.14 bits per heavy atom. The quantitative estimate of drug-likeness (QED) is 0.569. The summed E-state index contributed by atoms with van der Waals surface area (Å²) in [6.45, 7) is 1.31. The van der Waals surface area contributed by atoms with Crippen LogP contribution in [0.5, 0.6) is 5.75 Å². The van der Waals surface area contributed by atoms with Crippen molar-refractivity contribution in [3.8, 4) is 5.75 Å². The first kappa shape index (κ1) is 16.5. The number of nitrogens with one attached hydrogen (secondary N) is 1. The van der Waals surface area contributed by atoms with E-state index in [4.69, 9.17) is 15.5 Å². The maximum Gasteiger partial charge on any atom is 0.524 e. The first-order valence-corrected chi connectivity index (χ1v) is 8.15. The standard InChI is InChI=1S/C13H17N2O6P/c1-7(16)15-12(13(14)17)11-4-2-8-6-9(3-5-10(8)11)21-22(18,19)20/h3,5-6,11-12H,2,4H2,1H3,(H2,14,17)(H,15,16)(H2,18,19,20)/t11-,12-/m0/s1. The largest absolute Gasteiger partial charge is 0.524 e. The molecule has 8 nitrogen and oxygen atoms in total. The molecule has 1 aromatic rings. The van der Waals surface area contributed by atoms with Gasteiger partial charge in [0.15, 0.2) is 0 Å². The van der Waals surface area contributed by atoms with Gasteiger partial charge in [0, 0.05) is 12.8 Å². The van der Waals surface area contributed by atoms with E-state index in [2.05, 4.69) is 9.84 Å². The van der Waals surface area contributed by atoms with Gasteiger partial charge in [-0.1, -0.05) is 6.07 Å². The number of primary amides is 1.